The van der Waals surface area contributed by atoms with E-state index in [1.165, 1.54) is 64.2 Å². The molecule has 0 aromatic heterocycles. The highest BCUT2D eigenvalue weighted by Gasteiger charge is 2.19. The van der Waals surface area contributed by atoms with Gasteiger partial charge in [-0.3, -0.25) is 0 Å². The van der Waals surface area contributed by atoms with Crippen molar-refractivity contribution in [3.05, 3.63) is 59.7 Å². The third kappa shape index (κ3) is 12.5. The average molecular weight is 503 g/mol. The van der Waals surface area contributed by atoms with Crippen molar-refractivity contribution < 1.29 is 16.8 Å². The molecule has 0 spiro atoms. The predicted molar refractivity (Wildman–Crippen MR) is 146 cm³/mol. The van der Waals surface area contributed by atoms with E-state index in [0.717, 1.165) is 49.7 Å². The number of para-hydroxylation sites is 2. The summed E-state index contributed by atoms with van der Waals surface area (Å²) in [7, 11) is -4.22. The molecule has 0 aliphatic carbocycles. The summed E-state index contributed by atoms with van der Waals surface area (Å²) in [5.41, 5.74) is 1.81. The van der Waals surface area contributed by atoms with Gasteiger partial charge in [0.1, 0.15) is 11.5 Å². The van der Waals surface area contributed by atoms with Crippen LogP contribution in [0.4, 0.5) is 0 Å². The number of aryl methyl sites for hydroxylation is 2. The molecule has 0 aliphatic rings. The van der Waals surface area contributed by atoms with Crippen LogP contribution in [0.5, 0.6) is 11.5 Å². The molecule has 0 fully saturated rings. The highest BCUT2D eigenvalue weighted by atomic mass is 32.3. The molecule has 0 unspecified atom stereocenters. The van der Waals surface area contributed by atoms with E-state index in [2.05, 4.69) is 13.8 Å². The zero-order valence-corrected chi connectivity index (χ0v) is 22.8. The van der Waals surface area contributed by atoms with E-state index in [9.17, 15) is 8.42 Å². The van der Waals surface area contributed by atoms with Gasteiger partial charge in [0.2, 0.25) is 0 Å². The maximum atomic E-state index is 12.8. The Bertz CT molecular complexity index is 854. The Morgan fingerprint density at radius 2 is 0.857 bits per heavy atom. The average Bonchev–Trinajstić information content (AvgIpc) is 2.84. The molecule has 5 heteroatoms. The topological polar surface area (TPSA) is 52.6 Å². The van der Waals surface area contributed by atoms with Gasteiger partial charge in [0.25, 0.3) is 0 Å². The summed E-state index contributed by atoms with van der Waals surface area (Å²) in [6, 6.07) is 14.8. The van der Waals surface area contributed by atoms with Crippen molar-refractivity contribution in [3.8, 4) is 11.5 Å². The molecular formula is C30H46O4S. The van der Waals surface area contributed by atoms with Crippen LogP contribution in [0.25, 0.3) is 0 Å². The molecule has 196 valence electrons. The summed E-state index contributed by atoms with van der Waals surface area (Å²) in [5, 5.41) is 0. The number of rotatable bonds is 20. The molecule has 2 aromatic carbocycles. The maximum Gasteiger partial charge on any atom is 0.501 e. The second-order valence-corrected chi connectivity index (χ2v) is 10.7. The van der Waals surface area contributed by atoms with Gasteiger partial charge in [-0.2, -0.15) is 0 Å². The normalized spacial score (nSPS) is 11.5. The van der Waals surface area contributed by atoms with E-state index in [-0.39, 0.29) is 0 Å². The Morgan fingerprint density at radius 3 is 1.26 bits per heavy atom. The van der Waals surface area contributed by atoms with Gasteiger partial charge >= 0.3 is 10.4 Å². The number of hydrogen-bond donors (Lipinski definition) is 0. The van der Waals surface area contributed by atoms with Gasteiger partial charge in [-0.15, -0.1) is 8.42 Å². The smallest absolute Gasteiger partial charge is 0.353 e. The van der Waals surface area contributed by atoms with Crippen LogP contribution in [-0.4, -0.2) is 8.42 Å². The molecule has 0 saturated carbocycles. The summed E-state index contributed by atoms with van der Waals surface area (Å²) in [6.45, 7) is 4.45. The van der Waals surface area contributed by atoms with E-state index >= 15 is 0 Å². The summed E-state index contributed by atoms with van der Waals surface area (Å²) in [5.74, 6) is 0.728. The van der Waals surface area contributed by atoms with E-state index in [4.69, 9.17) is 8.37 Å². The first-order valence-electron chi connectivity index (χ1n) is 13.9. The molecule has 0 aliphatic heterocycles. The maximum absolute atomic E-state index is 12.8. The van der Waals surface area contributed by atoms with Gasteiger partial charge in [-0.25, -0.2) is 0 Å². The molecule has 0 radical (unpaired) electrons. The number of unbranched alkanes of at least 4 members (excludes halogenated alkanes) is 12. The summed E-state index contributed by atoms with van der Waals surface area (Å²) in [6.07, 6.45) is 18.6. The first kappa shape index (κ1) is 29.2. The van der Waals surface area contributed by atoms with Crippen molar-refractivity contribution in [1.29, 1.82) is 0 Å². The number of hydrogen-bond acceptors (Lipinski definition) is 4. The fourth-order valence-corrected chi connectivity index (χ4v) is 5.16. The summed E-state index contributed by atoms with van der Waals surface area (Å²) >= 11 is 0. The third-order valence-corrected chi connectivity index (χ3v) is 7.20. The zero-order chi connectivity index (χ0) is 25.2. The lowest BCUT2D eigenvalue weighted by Crippen LogP contribution is -2.18. The van der Waals surface area contributed by atoms with E-state index in [1.54, 1.807) is 24.3 Å². The lowest BCUT2D eigenvalue weighted by atomic mass is 10.0. The molecule has 0 bridgehead atoms. The molecule has 0 heterocycles. The Kier molecular flexibility index (Phi) is 14.5. The SMILES string of the molecule is CCCCCCCCCc1ccccc1OS(=O)(=O)Oc1ccccc1CCCCCCCCC. The van der Waals surface area contributed by atoms with Gasteiger partial charge in [0.05, 0.1) is 0 Å². The Balaban J connectivity index is 1.87. The van der Waals surface area contributed by atoms with Crippen molar-refractivity contribution in [2.75, 3.05) is 0 Å². The van der Waals surface area contributed by atoms with Crippen LogP contribution in [0.3, 0.4) is 0 Å². The molecule has 2 aromatic rings. The Hall–Kier alpha value is -2.01. The first-order valence-corrected chi connectivity index (χ1v) is 15.2. The second kappa shape index (κ2) is 17.4. The van der Waals surface area contributed by atoms with Crippen LogP contribution in [0.2, 0.25) is 0 Å². The lowest BCUT2D eigenvalue weighted by Gasteiger charge is -2.14. The van der Waals surface area contributed by atoms with Gasteiger partial charge < -0.3 is 8.37 Å². The monoisotopic (exact) mass is 502 g/mol. The molecule has 0 atom stereocenters. The van der Waals surface area contributed by atoms with Gasteiger partial charge in [-0.1, -0.05) is 127 Å². The van der Waals surface area contributed by atoms with Crippen molar-refractivity contribution >= 4 is 10.4 Å². The minimum Gasteiger partial charge on any atom is -0.353 e. The molecule has 0 N–H and O–H groups in total. The van der Waals surface area contributed by atoms with Crippen LogP contribution in [0.15, 0.2) is 48.5 Å². The molecule has 35 heavy (non-hydrogen) atoms. The van der Waals surface area contributed by atoms with Crippen LogP contribution < -0.4 is 8.37 Å². The summed E-state index contributed by atoms with van der Waals surface area (Å²) < 4.78 is 36.4. The van der Waals surface area contributed by atoms with E-state index in [0.29, 0.717) is 11.5 Å². The number of benzene rings is 2. The Morgan fingerprint density at radius 1 is 0.514 bits per heavy atom. The quantitative estimate of drug-likeness (QED) is 0.170. The first-order chi connectivity index (χ1) is 17.1. The molecule has 0 saturated heterocycles. The van der Waals surface area contributed by atoms with Crippen LogP contribution in [-0.2, 0) is 23.2 Å². The van der Waals surface area contributed by atoms with Crippen molar-refractivity contribution in [1.82, 2.24) is 0 Å². The summed E-state index contributed by atoms with van der Waals surface area (Å²) in [4.78, 5) is 0. The van der Waals surface area contributed by atoms with Gasteiger partial charge in [0, 0.05) is 0 Å². The molecule has 4 nitrogen and oxygen atoms in total. The highest BCUT2D eigenvalue weighted by molar-refractivity contribution is 7.82. The van der Waals surface area contributed by atoms with Crippen molar-refractivity contribution in [2.24, 2.45) is 0 Å². The largest absolute Gasteiger partial charge is 0.501 e. The van der Waals surface area contributed by atoms with E-state index < -0.39 is 10.4 Å². The third-order valence-electron chi connectivity index (χ3n) is 6.43. The zero-order valence-electron chi connectivity index (χ0n) is 22.0. The predicted octanol–water partition coefficient (Wildman–Crippen LogP) is 8.98. The molecule has 2 rings (SSSR count). The van der Waals surface area contributed by atoms with E-state index in [1.807, 2.05) is 24.3 Å². The minimum absolute atomic E-state index is 0.364. The van der Waals surface area contributed by atoms with Crippen LogP contribution in [0.1, 0.15) is 115 Å². The van der Waals surface area contributed by atoms with Crippen molar-refractivity contribution in [3.63, 3.8) is 0 Å². The van der Waals surface area contributed by atoms with Crippen molar-refractivity contribution in [2.45, 2.75) is 117 Å². The Labute approximate surface area is 214 Å². The van der Waals surface area contributed by atoms with Crippen LogP contribution in [0, 0.1) is 0 Å². The van der Waals surface area contributed by atoms with Gasteiger partial charge in [-0.05, 0) is 48.9 Å². The van der Waals surface area contributed by atoms with Crippen LogP contribution >= 0.6 is 0 Å². The fraction of sp³-hybridized carbons (Fsp3) is 0.600. The lowest BCUT2D eigenvalue weighted by molar-refractivity contribution is 0.388. The molecular weight excluding hydrogens is 456 g/mol. The standard InChI is InChI=1S/C30H46O4S/c1-3-5-7-9-11-13-15-21-27-23-17-19-25-29(27)33-35(31,32)34-30-26-20-18-24-28(30)22-16-14-12-10-8-6-4-2/h17-20,23-26H,3-16,21-22H2,1-2H3. The second-order valence-electron chi connectivity index (χ2n) is 9.53. The fourth-order valence-electron chi connectivity index (χ4n) is 4.37. The highest BCUT2D eigenvalue weighted by Crippen LogP contribution is 2.26. The van der Waals surface area contributed by atoms with Gasteiger partial charge in [0.15, 0.2) is 0 Å². The minimum atomic E-state index is -4.22. The molecule has 0 amide bonds.